The number of hydrogen-bond donors (Lipinski definition) is 2. The van der Waals surface area contributed by atoms with Gasteiger partial charge >= 0.3 is 0 Å². The number of fused-ring (bicyclic) bond motifs is 1. The SMILES string of the molecule is NC1CCN(CC(=O)Nc2nc3ccccc3s2)C1. The van der Waals surface area contributed by atoms with Crippen molar-refractivity contribution in [1.82, 2.24) is 9.88 Å². The second kappa shape index (κ2) is 5.24. The number of nitrogens with zero attached hydrogens (tertiary/aromatic N) is 2. The van der Waals surface area contributed by atoms with Crippen LogP contribution in [0.2, 0.25) is 0 Å². The number of nitrogens with one attached hydrogen (secondary N) is 1. The third-order valence-corrected chi connectivity index (χ3v) is 4.17. The number of carbonyl (C=O) groups is 1. The Kier molecular flexibility index (Phi) is 3.46. The Labute approximate surface area is 115 Å². The Morgan fingerprint density at radius 3 is 3.11 bits per heavy atom. The Morgan fingerprint density at radius 2 is 2.37 bits per heavy atom. The fourth-order valence-corrected chi connectivity index (χ4v) is 3.18. The number of likely N-dealkylation sites (tertiary alicyclic amines) is 1. The van der Waals surface area contributed by atoms with Crippen LogP contribution in [-0.4, -0.2) is 41.5 Å². The smallest absolute Gasteiger partial charge is 0.240 e. The zero-order valence-corrected chi connectivity index (χ0v) is 11.3. The van der Waals surface area contributed by atoms with Crippen LogP contribution in [0.3, 0.4) is 0 Å². The van der Waals surface area contributed by atoms with E-state index in [0.29, 0.717) is 11.7 Å². The second-order valence-electron chi connectivity index (χ2n) is 4.82. The molecule has 100 valence electrons. The second-order valence-corrected chi connectivity index (χ2v) is 5.85. The molecule has 1 aromatic carbocycles. The number of aromatic nitrogens is 1. The molecule has 0 radical (unpaired) electrons. The highest BCUT2D eigenvalue weighted by Gasteiger charge is 2.21. The summed E-state index contributed by atoms with van der Waals surface area (Å²) >= 11 is 1.50. The molecule has 0 aliphatic carbocycles. The summed E-state index contributed by atoms with van der Waals surface area (Å²) in [6.07, 6.45) is 0.967. The van der Waals surface area contributed by atoms with Gasteiger partial charge in [0.25, 0.3) is 0 Å². The minimum Gasteiger partial charge on any atom is -0.326 e. The van der Waals surface area contributed by atoms with E-state index in [1.54, 1.807) is 0 Å². The molecule has 2 aromatic rings. The molecule has 1 unspecified atom stereocenters. The van der Waals surface area contributed by atoms with Crippen molar-refractivity contribution in [3.63, 3.8) is 0 Å². The van der Waals surface area contributed by atoms with Gasteiger partial charge in [0, 0.05) is 19.1 Å². The van der Waals surface area contributed by atoms with Gasteiger partial charge in [-0.3, -0.25) is 9.69 Å². The van der Waals surface area contributed by atoms with Crippen LogP contribution in [0.1, 0.15) is 6.42 Å². The van der Waals surface area contributed by atoms with E-state index in [1.165, 1.54) is 11.3 Å². The van der Waals surface area contributed by atoms with Gasteiger partial charge in [0.15, 0.2) is 5.13 Å². The summed E-state index contributed by atoms with van der Waals surface area (Å²) in [5.74, 6) is -0.0202. The molecule has 1 aromatic heterocycles. The predicted octanol–water partition coefficient (Wildman–Crippen LogP) is 1.27. The number of carbonyl (C=O) groups excluding carboxylic acids is 1. The van der Waals surface area contributed by atoms with Crippen molar-refractivity contribution >= 4 is 32.6 Å². The highest BCUT2D eigenvalue weighted by Crippen LogP contribution is 2.25. The van der Waals surface area contributed by atoms with Gasteiger partial charge in [-0.05, 0) is 18.6 Å². The normalized spacial score (nSPS) is 19.9. The minimum absolute atomic E-state index is 0.0202. The van der Waals surface area contributed by atoms with Gasteiger partial charge in [-0.2, -0.15) is 0 Å². The first-order chi connectivity index (χ1) is 9.20. The van der Waals surface area contributed by atoms with E-state index in [1.807, 2.05) is 24.3 Å². The number of hydrogen-bond acceptors (Lipinski definition) is 5. The molecule has 1 amide bonds. The Balaban J connectivity index is 1.62. The van der Waals surface area contributed by atoms with E-state index in [4.69, 9.17) is 5.73 Å². The van der Waals surface area contributed by atoms with Crippen molar-refractivity contribution in [3.8, 4) is 0 Å². The largest absolute Gasteiger partial charge is 0.326 e. The Morgan fingerprint density at radius 1 is 1.53 bits per heavy atom. The lowest BCUT2D eigenvalue weighted by Gasteiger charge is -2.13. The Bertz CT molecular complexity index is 564. The van der Waals surface area contributed by atoms with E-state index in [9.17, 15) is 4.79 Å². The molecule has 3 rings (SSSR count). The summed E-state index contributed by atoms with van der Waals surface area (Å²) in [6.45, 7) is 2.09. The van der Waals surface area contributed by atoms with E-state index >= 15 is 0 Å². The molecular weight excluding hydrogens is 260 g/mol. The maximum Gasteiger partial charge on any atom is 0.240 e. The molecule has 1 fully saturated rings. The maximum absolute atomic E-state index is 11.9. The molecule has 1 aliphatic heterocycles. The maximum atomic E-state index is 11.9. The lowest BCUT2D eigenvalue weighted by molar-refractivity contribution is -0.117. The quantitative estimate of drug-likeness (QED) is 0.885. The van der Waals surface area contributed by atoms with E-state index in [-0.39, 0.29) is 11.9 Å². The van der Waals surface area contributed by atoms with Crippen LogP contribution in [0.15, 0.2) is 24.3 Å². The molecule has 3 N–H and O–H groups in total. The number of nitrogens with two attached hydrogens (primary N) is 1. The predicted molar refractivity (Wildman–Crippen MR) is 77.3 cm³/mol. The van der Waals surface area contributed by atoms with Crippen molar-refractivity contribution in [2.45, 2.75) is 12.5 Å². The molecule has 0 saturated carbocycles. The lowest BCUT2D eigenvalue weighted by atomic mass is 10.3. The first kappa shape index (κ1) is 12.5. The van der Waals surface area contributed by atoms with Crippen molar-refractivity contribution in [2.75, 3.05) is 25.0 Å². The van der Waals surface area contributed by atoms with E-state index < -0.39 is 0 Å². The summed E-state index contributed by atoms with van der Waals surface area (Å²) in [5, 5.41) is 3.52. The lowest BCUT2D eigenvalue weighted by Crippen LogP contribution is -2.33. The zero-order chi connectivity index (χ0) is 13.2. The van der Waals surface area contributed by atoms with Crippen LogP contribution >= 0.6 is 11.3 Å². The molecule has 0 bridgehead atoms. The molecule has 6 heteroatoms. The van der Waals surface area contributed by atoms with Crippen molar-refractivity contribution < 1.29 is 4.79 Å². The van der Waals surface area contributed by atoms with Crippen LogP contribution in [0, 0.1) is 0 Å². The Hall–Kier alpha value is -1.50. The van der Waals surface area contributed by atoms with Crippen molar-refractivity contribution in [3.05, 3.63) is 24.3 Å². The van der Waals surface area contributed by atoms with Crippen molar-refractivity contribution in [2.24, 2.45) is 5.73 Å². The van der Waals surface area contributed by atoms with Gasteiger partial charge in [-0.15, -0.1) is 0 Å². The number of benzene rings is 1. The van der Waals surface area contributed by atoms with E-state index in [2.05, 4.69) is 15.2 Å². The number of anilines is 1. The molecule has 5 nitrogen and oxygen atoms in total. The van der Waals surface area contributed by atoms with Gasteiger partial charge < -0.3 is 11.1 Å². The summed E-state index contributed by atoms with van der Waals surface area (Å²) in [7, 11) is 0. The molecule has 1 aliphatic rings. The highest BCUT2D eigenvalue weighted by molar-refractivity contribution is 7.22. The van der Waals surface area contributed by atoms with E-state index in [0.717, 1.165) is 29.7 Å². The fraction of sp³-hybridized carbons (Fsp3) is 0.385. The van der Waals surface area contributed by atoms with Gasteiger partial charge in [0.05, 0.1) is 16.8 Å². The standard InChI is InChI=1S/C13H16N4OS/c14-9-5-6-17(7-9)8-12(18)16-13-15-10-3-1-2-4-11(10)19-13/h1-4,9H,5-8,14H2,(H,15,16,18). The van der Waals surface area contributed by atoms with Crippen LogP contribution in [0.5, 0.6) is 0 Å². The van der Waals surface area contributed by atoms with Gasteiger partial charge in [-0.1, -0.05) is 23.5 Å². The van der Waals surface area contributed by atoms with Crippen LogP contribution < -0.4 is 11.1 Å². The molecule has 2 heterocycles. The summed E-state index contributed by atoms with van der Waals surface area (Å²) in [4.78, 5) is 18.4. The highest BCUT2D eigenvalue weighted by atomic mass is 32.1. The molecule has 19 heavy (non-hydrogen) atoms. The van der Waals surface area contributed by atoms with Crippen LogP contribution in [0.4, 0.5) is 5.13 Å². The van der Waals surface area contributed by atoms with Gasteiger partial charge in [0.1, 0.15) is 0 Å². The number of rotatable bonds is 3. The summed E-state index contributed by atoms with van der Waals surface area (Å²) < 4.78 is 1.08. The number of thiazole rings is 1. The average Bonchev–Trinajstić information content (AvgIpc) is 2.94. The van der Waals surface area contributed by atoms with Gasteiger partial charge in [-0.25, -0.2) is 4.98 Å². The molecule has 1 atom stereocenters. The third-order valence-electron chi connectivity index (χ3n) is 3.22. The number of para-hydroxylation sites is 1. The van der Waals surface area contributed by atoms with Crippen LogP contribution in [0.25, 0.3) is 10.2 Å². The minimum atomic E-state index is -0.0202. The fourth-order valence-electron chi connectivity index (χ4n) is 2.29. The first-order valence-electron chi connectivity index (χ1n) is 6.34. The summed E-state index contributed by atoms with van der Waals surface area (Å²) in [5.41, 5.74) is 6.74. The monoisotopic (exact) mass is 276 g/mol. The topological polar surface area (TPSA) is 71.2 Å². The number of amides is 1. The third kappa shape index (κ3) is 2.91. The van der Waals surface area contributed by atoms with Crippen LogP contribution in [-0.2, 0) is 4.79 Å². The molecule has 0 spiro atoms. The first-order valence-corrected chi connectivity index (χ1v) is 7.16. The molecule has 1 saturated heterocycles. The van der Waals surface area contributed by atoms with Crippen molar-refractivity contribution in [1.29, 1.82) is 0 Å². The molecular formula is C13H16N4OS. The van der Waals surface area contributed by atoms with Gasteiger partial charge in [0.2, 0.25) is 5.91 Å². The zero-order valence-electron chi connectivity index (χ0n) is 10.5. The average molecular weight is 276 g/mol. The summed E-state index contributed by atoms with van der Waals surface area (Å²) in [6, 6.07) is 8.07.